The Labute approximate surface area is 128 Å². The highest BCUT2D eigenvalue weighted by molar-refractivity contribution is 5.89. The van der Waals surface area contributed by atoms with Gasteiger partial charge in [-0.3, -0.25) is 9.59 Å². The fraction of sp³-hybridized carbons (Fsp3) is 0.875. The summed E-state index contributed by atoms with van der Waals surface area (Å²) < 4.78 is 0. The molecular weight excluding hydrogens is 266 g/mol. The van der Waals surface area contributed by atoms with Crippen molar-refractivity contribution in [2.24, 2.45) is 11.7 Å². The van der Waals surface area contributed by atoms with E-state index in [1.54, 1.807) is 0 Å². The zero-order valence-electron chi connectivity index (χ0n) is 13.7. The summed E-state index contributed by atoms with van der Waals surface area (Å²) in [4.78, 5) is 26.2. The molecule has 0 aromatic heterocycles. The highest BCUT2D eigenvalue weighted by atomic mass is 16.2. The minimum atomic E-state index is -0.215. The number of amides is 2. The minimum Gasteiger partial charge on any atom is -0.352 e. The van der Waals surface area contributed by atoms with Crippen molar-refractivity contribution in [3.05, 3.63) is 0 Å². The molecule has 0 radical (unpaired) electrons. The van der Waals surface area contributed by atoms with Crippen LogP contribution < -0.4 is 11.1 Å². The molecule has 1 fully saturated rings. The van der Waals surface area contributed by atoms with Crippen LogP contribution in [0.15, 0.2) is 0 Å². The first-order valence-electron chi connectivity index (χ1n) is 8.33. The SMILES string of the molecule is CCCCC(CN)NC(=O)C1CC(=O)N(C(C)CCC)C1. The van der Waals surface area contributed by atoms with Gasteiger partial charge in [0.1, 0.15) is 0 Å². The molecule has 0 aliphatic carbocycles. The molecular formula is C16H31N3O2. The Morgan fingerprint density at radius 1 is 1.38 bits per heavy atom. The van der Waals surface area contributed by atoms with E-state index in [0.717, 1.165) is 32.1 Å². The molecule has 0 bridgehead atoms. The van der Waals surface area contributed by atoms with Gasteiger partial charge in [-0.15, -0.1) is 0 Å². The number of nitrogens with zero attached hydrogens (tertiary/aromatic N) is 1. The zero-order chi connectivity index (χ0) is 15.8. The van der Waals surface area contributed by atoms with Crippen LogP contribution in [0, 0.1) is 5.92 Å². The van der Waals surface area contributed by atoms with E-state index in [1.807, 2.05) is 4.90 Å². The number of likely N-dealkylation sites (tertiary alicyclic amines) is 1. The van der Waals surface area contributed by atoms with Crippen LogP contribution in [0.1, 0.15) is 59.3 Å². The molecule has 1 rings (SSSR count). The van der Waals surface area contributed by atoms with E-state index in [4.69, 9.17) is 5.73 Å². The lowest BCUT2D eigenvalue weighted by Crippen LogP contribution is -2.44. The largest absolute Gasteiger partial charge is 0.352 e. The van der Waals surface area contributed by atoms with Gasteiger partial charge < -0.3 is 16.0 Å². The van der Waals surface area contributed by atoms with Gasteiger partial charge in [-0.2, -0.15) is 0 Å². The van der Waals surface area contributed by atoms with Crippen molar-refractivity contribution in [2.45, 2.75) is 71.4 Å². The van der Waals surface area contributed by atoms with Crippen LogP contribution in [0.4, 0.5) is 0 Å². The highest BCUT2D eigenvalue weighted by Gasteiger charge is 2.36. The van der Waals surface area contributed by atoms with Crippen LogP contribution in [0.5, 0.6) is 0 Å². The predicted molar refractivity (Wildman–Crippen MR) is 84.7 cm³/mol. The summed E-state index contributed by atoms with van der Waals surface area (Å²) in [5.41, 5.74) is 5.71. The molecule has 0 spiro atoms. The average Bonchev–Trinajstić information content (AvgIpc) is 2.85. The second-order valence-corrected chi connectivity index (χ2v) is 6.17. The molecule has 0 saturated carbocycles. The summed E-state index contributed by atoms with van der Waals surface area (Å²) >= 11 is 0. The molecule has 122 valence electrons. The van der Waals surface area contributed by atoms with Crippen molar-refractivity contribution in [1.82, 2.24) is 10.2 Å². The molecule has 21 heavy (non-hydrogen) atoms. The quantitative estimate of drug-likeness (QED) is 0.679. The second kappa shape index (κ2) is 9.03. The minimum absolute atomic E-state index is 0.0129. The van der Waals surface area contributed by atoms with Gasteiger partial charge in [-0.05, 0) is 19.8 Å². The molecule has 3 atom stereocenters. The molecule has 0 aromatic carbocycles. The Balaban J connectivity index is 2.50. The van der Waals surface area contributed by atoms with Crippen molar-refractivity contribution in [2.75, 3.05) is 13.1 Å². The third kappa shape index (κ3) is 5.30. The fourth-order valence-corrected chi connectivity index (χ4v) is 2.93. The van der Waals surface area contributed by atoms with Gasteiger partial charge in [0.25, 0.3) is 0 Å². The van der Waals surface area contributed by atoms with Crippen molar-refractivity contribution >= 4 is 11.8 Å². The first-order chi connectivity index (χ1) is 10.0. The summed E-state index contributed by atoms with van der Waals surface area (Å²) in [5, 5.41) is 3.01. The van der Waals surface area contributed by atoms with Crippen molar-refractivity contribution in [3.8, 4) is 0 Å². The monoisotopic (exact) mass is 297 g/mol. The lowest BCUT2D eigenvalue weighted by molar-refractivity contribution is -0.130. The number of nitrogens with two attached hydrogens (primary N) is 1. The lowest BCUT2D eigenvalue weighted by Gasteiger charge is -2.24. The number of carbonyl (C=O) groups excluding carboxylic acids is 2. The third-order valence-corrected chi connectivity index (χ3v) is 4.30. The second-order valence-electron chi connectivity index (χ2n) is 6.17. The highest BCUT2D eigenvalue weighted by Crippen LogP contribution is 2.22. The number of rotatable bonds is 9. The van der Waals surface area contributed by atoms with Gasteiger partial charge in [-0.25, -0.2) is 0 Å². The van der Waals surface area contributed by atoms with Crippen LogP contribution in [-0.4, -0.2) is 41.9 Å². The van der Waals surface area contributed by atoms with E-state index in [-0.39, 0.29) is 29.8 Å². The molecule has 1 heterocycles. The summed E-state index contributed by atoms with van der Waals surface area (Å²) in [7, 11) is 0. The molecule has 0 aromatic rings. The Hall–Kier alpha value is -1.10. The van der Waals surface area contributed by atoms with Crippen molar-refractivity contribution in [3.63, 3.8) is 0 Å². The van der Waals surface area contributed by atoms with Crippen LogP contribution in [0.2, 0.25) is 0 Å². The van der Waals surface area contributed by atoms with Gasteiger partial charge in [0.15, 0.2) is 0 Å². The van der Waals surface area contributed by atoms with Crippen molar-refractivity contribution in [1.29, 1.82) is 0 Å². The predicted octanol–water partition coefficient (Wildman–Crippen LogP) is 1.66. The maximum absolute atomic E-state index is 12.3. The average molecular weight is 297 g/mol. The van der Waals surface area contributed by atoms with Gasteiger partial charge in [-0.1, -0.05) is 33.1 Å². The van der Waals surface area contributed by atoms with E-state index in [1.165, 1.54) is 0 Å². The van der Waals surface area contributed by atoms with Gasteiger partial charge in [0, 0.05) is 31.6 Å². The molecule has 5 heteroatoms. The van der Waals surface area contributed by atoms with E-state index in [0.29, 0.717) is 19.5 Å². The number of unbranched alkanes of at least 4 members (excludes halogenated alkanes) is 1. The first-order valence-corrected chi connectivity index (χ1v) is 8.33. The maximum Gasteiger partial charge on any atom is 0.225 e. The number of hydrogen-bond acceptors (Lipinski definition) is 3. The smallest absolute Gasteiger partial charge is 0.225 e. The summed E-state index contributed by atoms with van der Waals surface area (Å²) in [6.07, 6.45) is 5.44. The summed E-state index contributed by atoms with van der Waals surface area (Å²) in [6.45, 7) is 7.31. The molecule has 3 unspecified atom stereocenters. The Bertz CT molecular complexity index is 346. The Morgan fingerprint density at radius 2 is 2.10 bits per heavy atom. The van der Waals surface area contributed by atoms with Crippen molar-refractivity contribution < 1.29 is 9.59 Å². The Kier molecular flexibility index (Phi) is 7.72. The van der Waals surface area contributed by atoms with E-state index in [9.17, 15) is 9.59 Å². The van der Waals surface area contributed by atoms with Gasteiger partial charge in [0.05, 0.1) is 5.92 Å². The van der Waals surface area contributed by atoms with Crippen LogP contribution in [0.25, 0.3) is 0 Å². The fourth-order valence-electron chi connectivity index (χ4n) is 2.93. The van der Waals surface area contributed by atoms with Crippen LogP contribution in [0.3, 0.4) is 0 Å². The van der Waals surface area contributed by atoms with E-state index >= 15 is 0 Å². The van der Waals surface area contributed by atoms with E-state index in [2.05, 4.69) is 26.1 Å². The summed E-state index contributed by atoms with van der Waals surface area (Å²) in [5.74, 6) is -0.123. The molecule has 1 saturated heterocycles. The van der Waals surface area contributed by atoms with Gasteiger partial charge in [0.2, 0.25) is 11.8 Å². The van der Waals surface area contributed by atoms with Crippen LogP contribution in [-0.2, 0) is 9.59 Å². The molecule has 5 nitrogen and oxygen atoms in total. The molecule has 2 amide bonds. The zero-order valence-corrected chi connectivity index (χ0v) is 13.7. The summed E-state index contributed by atoms with van der Waals surface area (Å²) in [6, 6.07) is 0.264. The molecule has 1 aliphatic heterocycles. The number of carbonyl (C=O) groups is 2. The van der Waals surface area contributed by atoms with Gasteiger partial charge >= 0.3 is 0 Å². The topological polar surface area (TPSA) is 75.4 Å². The normalized spacial score (nSPS) is 21.4. The Morgan fingerprint density at radius 3 is 2.67 bits per heavy atom. The first kappa shape index (κ1) is 18.0. The molecule has 1 aliphatic rings. The number of hydrogen-bond donors (Lipinski definition) is 2. The standard InChI is InChI=1S/C16H31N3O2/c1-4-6-8-14(10-17)18-16(21)13-9-15(20)19(11-13)12(3)7-5-2/h12-14H,4-11,17H2,1-3H3,(H,18,21). The number of nitrogens with one attached hydrogen (secondary N) is 1. The lowest BCUT2D eigenvalue weighted by atomic mass is 10.1. The maximum atomic E-state index is 12.3. The molecule has 3 N–H and O–H groups in total. The van der Waals surface area contributed by atoms with Crippen LogP contribution >= 0.6 is 0 Å². The third-order valence-electron chi connectivity index (χ3n) is 4.30. The van der Waals surface area contributed by atoms with E-state index < -0.39 is 0 Å².